The van der Waals surface area contributed by atoms with Crippen molar-refractivity contribution in [3.63, 3.8) is 0 Å². The highest BCUT2D eigenvalue weighted by atomic mass is 32.2. The number of aliphatic carboxylic acids is 1. The van der Waals surface area contributed by atoms with Crippen LogP contribution in [-0.2, 0) is 35.2 Å². The lowest BCUT2D eigenvalue weighted by atomic mass is 9.77. The highest BCUT2D eigenvalue weighted by Gasteiger charge is 2.43. The molecule has 0 spiro atoms. The summed E-state index contributed by atoms with van der Waals surface area (Å²) < 4.78 is 77.7. The Balaban J connectivity index is 1.75. The summed E-state index contributed by atoms with van der Waals surface area (Å²) in [5, 5.41) is 12.8. The molecule has 0 saturated heterocycles. The van der Waals surface area contributed by atoms with Crippen LogP contribution in [0.4, 0.5) is 5.69 Å². The summed E-state index contributed by atoms with van der Waals surface area (Å²) in [6.07, 6.45) is 10.1. The molecule has 0 fully saturated rings. The lowest BCUT2D eigenvalue weighted by molar-refractivity contribution is -0.137. The predicted molar refractivity (Wildman–Crippen MR) is 211 cm³/mol. The quantitative estimate of drug-likeness (QED) is 0.0651. The number of allylic oxidation sites excluding steroid dienone is 3. The average Bonchev–Trinajstić information content (AvgIpc) is 3.34. The van der Waals surface area contributed by atoms with E-state index in [0.29, 0.717) is 69.8 Å². The highest BCUT2D eigenvalue weighted by molar-refractivity contribution is 7.86. The van der Waals surface area contributed by atoms with Crippen molar-refractivity contribution >= 4 is 43.9 Å². The molecule has 14 nitrogen and oxygen atoms in total. The van der Waals surface area contributed by atoms with Crippen molar-refractivity contribution in [3.05, 3.63) is 88.6 Å². The normalized spacial score (nSPS) is 17.3. The molecule has 0 saturated carbocycles. The molecule has 1 aromatic carbocycles. The summed E-state index contributed by atoms with van der Waals surface area (Å²) in [7, 11) is -6.73. The van der Waals surface area contributed by atoms with Crippen LogP contribution in [-0.4, -0.2) is 94.3 Å². The van der Waals surface area contributed by atoms with Gasteiger partial charge in [-0.2, -0.15) is 16.8 Å². The minimum atomic E-state index is -4.22. The fourth-order valence-electron chi connectivity index (χ4n) is 7.01. The number of carboxylic acids is 1. The maximum absolute atomic E-state index is 13.1. The lowest BCUT2D eigenvalue weighted by Crippen LogP contribution is -2.31. The Morgan fingerprint density at radius 3 is 2.42 bits per heavy atom. The fraction of sp³-hybridized carbons (Fsp3) is 0.462. The van der Waals surface area contributed by atoms with Gasteiger partial charge in [0.05, 0.1) is 30.4 Å². The van der Waals surface area contributed by atoms with Crippen molar-refractivity contribution in [3.8, 4) is 11.3 Å². The smallest absolute Gasteiger partial charge is 0.303 e. The Hall–Kier alpha value is -4.35. The van der Waals surface area contributed by atoms with E-state index in [9.17, 15) is 31.0 Å². The minimum absolute atomic E-state index is 0.0697. The summed E-state index contributed by atoms with van der Waals surface area (Å²) in [5.74, 6) is -1.27. The van der Waals surface area contributed by atoms with Gasteiger partial charge in [-0.05, 0) is 87.1 Å². The third kappa shape index (κ3) is 12.3. The number of hydrogen-bond acceptors (Lipinski definition) is 9. The molecule has 1 unspecified atom stereocenters. The number of nitrogens with zero attached hydrogens (tertiary/aromatic N) is 2. The number of ether oxygens (including phenoxy) is 1. The SMILES string of the molecule is CC[N+](CCCS(=O)(=O)O)=c1ccc2c(/C=C/C=C3/N(CCCCCC(=O)O)c4ccc(C(=O)NCCOC)cc4C3(C)CCCS(=O)(=O)O)ccoc-2c1. The Morgan fingerprint density at radius 1 is 0.982 bits per heavy atom. The number of hydrogen-bond donors (Lipinski definition) is 4. The molecule has 2 aliphatic heterocycles. The van der Waals surface area contributed by atoms with Crippen LogP contribution in [0.1, 0.15) is 80.3 Å². The lowest BCUT2D eigenvalue weighted by Gasteiger charge is -2.30. The van der Waals surface area contributed by atoms with Crippen LogP contribution in [0.2, 0.25) is 0 Å². The zero-order chi connectivity index (χ0) is 40.2. The van der Waals surface area contributed by atoms with Crippen LogP contribution >= 0.6 is 0 Å². The third-order valence-electron chi connectivity index (χ3n) is 9.77. The van der Waals surface area contributed by atoms with E-state index in [1.807, 2.05) is 73.0 Å². The molecule has 0 bridgehead atoms. The second-order valence-electron chi connectivity index (χ2n) is 13.7. The molecule has 16 heteroatoms. The van der Waals surface area contributed by atoms with E-state index in [1.165, 1.54) is 0 Å². The first-order chi connectivity index (χ1) is 26.1. The van der Waals surface area contributed by atoms with Gasteiger partial charge in [-0.3, -0.25) is 18.7 Å². The van der Waals surface area contributed by atoms with Gasteiger partial charge in [-0.25, -0.2) is 4.58 Å². The number of carbonyl (C=O) groups is 2. The van der Waals surface area contributed by atoms with Crippen molar-refractivity contribution in [1.29, 1.82) is 0 Å². The Kier molecular flexibility index (Phi) is 15.4. The molecule has 0 aromatic heterocycles. The van der Waals surface area contributed by atoms with Crippen molar-refractivity contribution in [2.45, 2.75) is 64.2 Å². The summed E-state index contributed by atoms with van der Waals surface area (Å²) in [5.41, 5.74) is 3.91. The number of carbonyl (C=O) groups excluding carboxylic acids is 1. The topological polar surface area (TPSA) is 204 Å². The molecule has 1 atom stereocenters. The number of rotatable bonds is 21. The Morgan fingerprint density at radius 2 is 1.73 bits per heavy atom. The largest absolute Gasteiger partial charge is 0.481 e. The number of methoxy groups -OCH3 is 1. The molecule has 3 aliphatic rings. The van der Waals surface area contributed by atoms with E-state index >= 15 is 0 Å². The Labute approximate surface area is 323 Å². The summed E-state index contributed by atoms with van der Waals surface area (Å²) >= 11 is 0. The number of carboxylic acid groups (broad SMARTS) is 1. The molecule has 1 amide bonds. The molecule has 0 radical (unpaired) electrons. The van der Waals surface area contributed by atoms with E-state index in [-0.39, 0.29) is 30.9 Å². The van der Waals surface area contributed by atoms with Crippen molar-refractivity contribution in [2.75, 3.05) is 56.3 Å². The number of fused-ring (bicyclic) bond motifs is 2. The molecule has 1 aliphatic carbocycles. The fourth-order valence-corrected chi connectivity index (χ4v) is 8.01. The van der Waals surface area contributed by atoms with Crippen LogP contribution < -0.4 is 20.1 Å². The van der Waals surface area contributed by atoms with Crippen molar-refractivity contribution < 1.29 is 49.8 Å². The molecule has 55 heavy (non-hydrogen) atoms. The van der Waals surface area contributed by atoms with Crippen LogP contribution in [0.3, 0.4) is 0 Å². The summed E-state index contributed by atoms with van der Waals surface area (Å²) in [6, 6.07) is 13.0. The number of unbranched alkanes of at least 4 members (excludes halogenated alkanes) is 2. The zero-order valence-corrected chi connectivity index (χ0v) is 33.2. The van der Waals surface area contributed by atoms with Crippen LogP contribution in [0.15, 0.2) is 71.0 Å². The first-order valence-electron chi connectivity index (χ1n) is 18.4. The standard InChI is InChI=1S/C39H51N3O11S2/c1-4-41(21-10-26-55(49,50)51)31-15-16-32-29(18-23-53-35(32)28-31)11-8-12-36-39(2,19-9-25-54(46,47)48)33-27-30(38(45)40-20-24-52-3)14-17-34(33)42(36)22-7-5-6-13-37(43)44/h8,11-12,14-18,23,27-28H,4-7,9-10,13,19-22,24-26H2,1-3H3,(H3-,40,43,44,45,46,47,48,49,50,51)/p+1. The van der Waals surface area contributed by atoms with Gasteiger partial charge in [-0.15, -0.1) is 0 Å². The van der Waals surface area contributed by atoms with Gasteiger partial charge < -0.3 is 24.5 Å². The number of amides is 1. The van der Waals surface area contributed by atoms with Crippen LogP contribution in [0, 0.1) is 0 Å². The van der Waals surface area contributed by atoms with Crippen molar-refractivity contribution in [1.82, 2.24) is 9.89 Å². The molecule has 2 heterocycles. The van der Waals surface area contributed by atoms with Gasteiger partial charge in [0.1, 0.15) is 18.8 Å². The molecular weight excluding hydrogens is 751 g/mol. The second kappa shape index (κ2) is 19.5. The molecule has 4 rings (SSSR count). The monoisotopic (exact) mass is 802 g/mol. The second-order valence-corrected chi connectivity index (χ2v) is 16.9. The first-order valence-corrected chi connectivity index (χ1v) is 21.6. The highest BCUT2D eigenvalue weighted by Crippen LogP contribution is 2.51. The van der Waals surface area contributed by atoms with Gasteiger partial charge >= 0.3 is 5.97 Å². The van der Waals surface area contributed by atoms with Crippen LogP contribution in [0.5, 0.6) is 0 Å². The van der Waals surface area contributed by atoms with Gasteiger partial charge in [-0.1, -0.05) is 18.6 Å². The van der Waals surface area contributed by atoms with Gasteiger partial charge in [0.2, 0.25) is 5.36 Å². The van der Waals surface area contributed by atoms with Crippen molar-refractivity contribution in [2.24, 2.45) is 0 Å². The van der Waals surface area contributed by atoms with Crippen LogP contribution in [0.25, 0.3) is 17.4 Å². The average molecular weight is 803 g/mol. The van der Waals surface area contributed by atoms with E-state index < -0.39 is 37.4 Å². The maximum Gasteiger partial charge on any atom is 0.303 e. The predicted octanol–water partition coefficient (Wildman–Crippen LogP) is 4.82. The Bertz CT molecular complexity index is 2140. The van der Waals surface area contributed by atoms with E-state index in [0.717, 1.165) is 33.4 Å². The summed E-state index contributed by atoms with van der Waals surface area (Å²) in [6.45, 7) is 6.22. The number of anilines is 1. The summed E-state index contributed by atoms with van der Waals surface area (Å²) in [4.78, 5) is 26.4. The van der Waals surface area contributed by atoms with E-state index in [4.69, 9.17) is 18.8 Å². The molecule has 1 aromatic rings. The van der Waals surface area contributed by atoms with Gasteiger partial charge in [0, 0.05) is 67.0 Å². The third-order valence-corrected chi connectivity index (χ3v) is 11.4. The minimum Gasteiger partial charge on any atom is -0.481 e. The first kappa shape index (κ1) is 43.4. The number of benzene rings is 2. The molecular formula is C39H52N3O11S2+. The molecule has 300 valence electrons. The van der Waals surface area contributed by atoms with Gasteiger partial charge in [0.15, 0.2) is 0 Å². The zero-order valence-electron chi connectivity index (χ0n) is 31.6. The van der Waals surface area contributed by atoms with E-state index in [2.05, 4.69) is 10.2 Å². The van der Waals surface area contributed by atoms with E-state index in [1.54, 1.807) is 19.4 Å². The molecule has 4 N–H and O–H groups in total. The number of nitrogens with one attached hydrogen (secondary N) is 1. The maximum atomic E-state index is 13.1. The van der Waals surface area contributed by atoms with Gasteiger partial charge in [0.25, 0.3) is 26.1 Å².